The van der Waals surface area contributed by atoms with E-state index in [4.69, 9.17) is 5.73 Å². The maximum absolute atomic E-state index is 9.42. The van der Waals surface area contributed by atoms with Crippen molar-refractivity contribution in [2.24, 2.45) is 0 Å². The molecule has 1 unspecified atom stereocenters. The van der Waals surface area contributed by atoms with Crippen molar-refractivity contribution in [3.63, 3.8) is 0 Å². The van der Waals surface area contributed by atoms with Gasteiger partial charge in [-0.05, 0) is 18.6 Å². The Hall–Kier alpha value is -1.76. The third-order valence-corrected chi connectivity index (χ3v) is 4.65. The lowest BCUT2D eigenvalue weighted by atomic mass is 10.1. The number of rotatable bonds is 5. The maximum Gasteiger partial charge on any atom is 0.145 e. The number of hydrogen-bond donors (Lipinski definition) is 2. The lowest BCUT2D eigenvalue weighted by Crippen LogP contribution is -2.51. The Morgan fingerprint density at radius 1 is 1.17 bits per heavy atom. The smallest absolute Gasteiger partial charge is 0.145 e. The molecule has 2 heterocycles. The van der Waals surface area contributed by atoms with Crippen LogP contribution in [0.5, 0.6) is 0 Å². The summed E-state index contributed by atoms with van der Waals surface area (Å²) >= 11 is 0. The Bertz CT molecular complexity index is 650. The Morgan fingerprint density at radius 2 is 1.91 bits per heavy atom. The van der Waals surface area contributed by atoms with Crippen LogP contribution in [0, 0.1) is 0 Å². The van der Waals surface area contributed by atoms with E-state index < -0.39 is 0 Å². The monoisotopic (exact) mass is 315 g/mol. The normalized spacial score (nSPS) is 18.3. The van der Waals surface area contributed by atoms with E-state index in [1.54, 1.807) is 0 Å². The first-order valence-electron chi connectivity index (χ1n) is 8.29. The van der Waals surface area contributed by atoms with Crippen LogP contribution in [-0.4, -0.2) is 63.7 Å². The van der Waals surface area contributed by atoms with Crippen LogP contribution in [0.25, 0.3) is 10.9 Å². The van der Waals surface area contributed by atoms with Crippen LogP contribution in [0.4, 0.5) is 5.82 Å². The van der Waals surface area contributed by atoms with Crippen molar-refractivity contribution in [3.05, 3.63) is 30.1 Å². The molecule has 0 bridgehead atoms. The molecule has 2 aromatic rings. The van der Waals surface area contributed by atoms with Crippen molar-refractivity contribution < 1.29 is 5.11 Å². The second-order valence-electron chi connectivity index (χ2n) is 6.10. The summed E-state index contributed by atoms with van der Waals surface area (Å²) < 4.78 is 0. The van der Waals surface area contributed by atoms with Crippen LogP contribution in [-0.2, 0) is 6.54 Å². The van der Waals surface area contributed by atoms with Gasteiger partial charge in [0.2, 0.25) is 0 Å². The van der Waals surface area contributed by atoms with Gasteiger partial charge < -0.3 is 10.8 Å². The zero-order valence-electron chi connectivity index (χ0n) is 13.6. The summed E-state index contributed by atoms with van der Waals surface area (Å²) in [5.74, 6) is 1.33. The molecule has 0 spiro atoms. The number of nitrogen functional groups attached to an aromatic ring is 1. The van der Waals surface area contributed by atoms with Crippen LogP contribution in [0.1, 0.15) is 19.2 Å². The van der Waals surface area contributed by atoms with E-state index in [-0.39, 0.29) is 12.6 Å². The number of piperazine rings is 1. The number of aliphatic hydroxyl groups is 1. The van der Waals surface area contributed by atoms with Gasteiger partial charge in [-0.2, -0.15) is 0 Å². The molecule has 0 radical (unpaired) electrons. The van der Waals surface area contributed by atoms with E-state index in [0.717, 1.165) is 55.9 Å². The lowest BCUT2D eigenvalue weighted by molar-refractivity contribution is 0.0599. The average Bonchev–Trinajstić information content (AvgIpc) is 2.57. The molecule has 3 N–H and O–H groups in total. The highest BCUT2D eigenvalue weighted by Gasteiger charge is 2.22. The van der Waals surface area contributed by atoms with Gasteiger partial charge in [-0.1, -0.05) is 19.1 Å². The van der Waals surface area contributed by atoms with Crippen LogP contribution >= 0.6 is 0 Å². The number of hydrogen-bond acceptors (Lipinski definition) is 6. The molecule has 1 saturated heterocycles. The van der Waals surface area contributed by atoms with E-state index in [1.165, 1.54) is 0 Å². The molecule has 1 aliphatic heterocycles. The molecule has 1 aromatic carbocycles. The second-order valence-corrected chi connectivity index (χ2v) is 6.10. The van der Waals surface area contributed by atoms with E-state index >= 15 is 0 Å². The molecule has 0 amide bonds. The van der Waals surface area contributed by atoms with Crippen molar-refractivity contribution in [1.82, 2.24) is 19.8 Å². The molecule has 6 nitrogen and oxygen atoms in total. The Labute approximate surface area is 136 Å². The molecule has 124 valence electrons. The third kappa shape index (κ3) is 3.60. The number of aliphatic hydroxyl groups excluding tert-OH is 1. The van der Waals surface area contributed by atoms with Crippen LogP contribution in [0.15, 0.2) is 24.3 Å². The molecular formula is C17H25N5O. The summed E-state index contributed by atoms with van der Waals surface area (Å²) in [5, 5.41) is 10.3. The number of aromatic nitrogens is 2. The van der Waals surface area contributed by atoms with Gasteiger partial charge in [0.05, 0.1) is 18.7 Å². The highest BCUT2D eigenvalue weighted by atomic mass is 16.3. The van der Waals surface area contributed by atoms with Crippen molar-refractivity contribution >= 4 is 16.7 Å². The summed E-state index contributed by atoms with van der Waals surface area (Å²) in [4.78, 5) is 13.8. The van der Waals surface area contributed by atoms with Gasteiger partial charge in [0, 0.05) is 37.6 Å². The Morgan fingerprint density at radius 3 is 2.61 bits per heavy atom. The van der Waals surface area contributed by atoms with Crippen molar-refractivity contribution in [2.45, 2.75) is 25.9 Å². The summed E-state index contributed by atoms with van der Waals surface area (Å²) in [5.41, 5.74) is 6.96. The predicted octanol–water partition coefficient (Wildman–Crippen LogP) is 1.10. The van der Waals surface area contributed by atoms with E-state index in [1.807, 2.05) is 24.3 Å². The number of nitrogens with zero attached hydrogens (tertiary/aromatic N) is 4. The predicted molar refractivity (Wildman–Crippen MR) is 92.0 cm³/mol. The van der Waals surface area contributed by atoms with Gasteiger partial charge in [-0.3, -0.25) is 9.80 Å². The number of para-hydroxylation sites is 1. The Kier molecular flexibility index (Phi) is 5.05. The van der Waals surface area contributed by atoms with Crippen molar-refractivity contribution in [1.29, 1.82) is 0 Å². The molecule has 1 fully saturated rings. The number of benzene rings is 1. The van der Waals surface area contributed by atoms with E-state index in [0.29, 0.717) is 5.82 Å². The molecule has 23 heavy (non-hydrogen) atoms. The van der Waals surface area contributed by atoms with Gasteiger partial charge >= 0.3 is 0 Å². The maximum atomic E-state index is 9.42. The first-order valence-corrected chi connectivity index (χ1v) is 8.29. The SMILES string of the molecule is CCC(CO)N1CCN(Cc2nc(N)c3ccccc3n2)CC1. The summed E-state index contributed by atoms with van der Waals surface area (Å²) in [7, 11) is 0. The standard InChI is InChI=1S/C17H25N5O/c1-2-13(12-23)22-9-7-21(8-10-22)11-16-19-15-6-4-3-5-14(15)17(18)20-16/h3-6,13,23H,2,7-12H2,1H3,(H2,18,19,20). The van der Waals surface area contributed by atoms with E-state index in [2.05, 4.69) is 26.7 Å². The van der Waals surface area contributed by atoms with Gasteiger partial charge in [0.15, 0.2) is 0 Å². The number of nitrogens with two attached hydrogens (primary N) is 1. The van der Waals surface area contributed by atoms with Gasteiger partial charge in [0.25, 0.3) is 0 Å². The molecule has 3 rings (SSSR count). The zero-order valence-corrected chi connectivity index (χ0v) is 13.6. The quantitative estimate of drug-likeness (QED) is 0.860. The third-order valence-electron chi connectivity index (χ3n) is 4.65. The summed E-state index contributed by atoms with van der Waals surface area (Å²) in [6.07, 6.45) is 0.987. The fraction of sp³-hybridized carbons (Fsp3) is 0.529. The first kappa shape index (κ1) is 16.1. The average molecular weight is 315 g/mol. The van der Waals surface area contributed by atoms with Crippen LogP contribution in [0.2, 0.25) is 0 Å². The fourth-order valence-electron chi connectivity index (χ4n) is 3.21. The number of anilines is 1. The summed E-state index contributed by atoms with van der Waals surface area (Å²) in [6.45, 7) is 6.96. The lowest BCUT2D eigenvalue weighted by Gasteiger charge is -2.38. The highest BCUT2D eigenvalue weighted by molar-refractivity contribution is 5.87. The zero-order chi connectivity index (χ0) is 16.2. The molecule has 1 aliphatic rings. The second kappa shape index (κ2) is 7.21. The largest absolute Gasteiger partial charge is 0.395 e. The highest BCUT2D eigenvalue weighted by Crippen LogP contribution is 2.18. The van der Waals surface area contributed by atoms with Crippen molar-refractivity contribution in [3.8, 4) is 0 Å². The Balaban J connectivity index is 1.65. The molecule has 1 aromatic heterocycles. The molecule has 0 saturated carbocycles. The van der Waals surface area contributed by atoms with Gasteiger partial charge in [-0.25, -0.2) is 9.97 Å². The number of fused-ring (bicyclic) bond motifs is 1. The van der Waals surface area contributed by atoms with Crippen molar-refractivity contribution in [2.75, 3.05) is 38.5 Å². The first-order chi connectivity index (χ1) is 11.2. The van der Waals surface area contributed by atoms with Crippen LogP contribution in [0.3, 0.4) is 0 Å². The van der Waals surface area contributed by atoms with Gasteiger partial charge in [0.1, 0.15) is 11.6 Å². The molecule has 1 atom stereocenters. The molecular weight excluding hydrogens is 290 g/mol. The minimum Gasteiger partial charge on any atom is -0.395 e. The molecule has 6 heteroatoms. The molecule has 0 aliphatic carbocycles. The van der Waals surface area contributed by atoms with Gasteiger partial charge in [-0.15, -0.1) is 0 Å². The summed E-state index contributed by atoms with van der Waals surface area (Å²) in [6, 6.07) is 8.13. The van der Waals surface area contributed by atoms with Crippen LogP contribution < -0.4 is 5.73 Å². The minimum absolute atomic E-state index is 0.237. The van der Waals surface area contributed by atoms with E-state index in [9.17, 15) is 5.11 Å². The minimum atomic E-state index is 0.237. The topological polar surface area (TPSA) is 78.5 Å². The fourth-order valence-corrected chi connectivity index (χ4v) is 3.21.